The predicted molar refractivity (Wildman–Crippen MR) is 96.4 cm³/mol. The van der Waals surface area contributed by atoms with Crippen LogP contribution in [0.2, 0.25) is 0 Å². The molecule has 3 nitrogen and oxygen atoms in total. The fourth-order valence-electron chi connectivity index (χ4n) is 2.31. The van der Waals surface area contributed by atoms with Crippen molar-refractivity contribution in [3.63, 3.8) is 0 Å². The summed E-state index contributed by atoms with van der Waals surface area (Å²) in [5, 5.41) is 10.5. The van der Waals surface area contributed by atoms with E-state index in [0.29, 0.717) is 5.57 Å². The molecule has 0 saturated carbocycles. The smallest absolute Gasteiger partial charge is 0.120 e. The highest BCUT2D eigenvalue weighted by Gasteiger charge is 2.09. The highest BCUT2D eigenvalue weighted by atomic mass is 16.5. The van der Waals surface area contributed by atoms with Gasteiger partial charge >= 0.3 is 0 Å². The van der Waals surface area contributed by atoms with E-state index in [-0.39, 0.29) is 5.76 Å². The average Bonchev–Trinajstić information content (AvgIpc) is 2.92. The Labute approximate surface area is 136 Å². The van der Waals surface area contributed by atoms with Crippen LogP contribution in [-0.4, -0.2) is 16.8 Å². The summed E-state index contributed by atoms with van der Waals surface area (Å²) in [5.74, 6) is 3.44. The topological polar surface area (TPSA) is 34.4 Å². The van der Waals surface area contributed by atoms with Gasteiger partial charge in [0.2, 0.25) is 0 Å². The summed E-state index contributed by atoms with van der Waals surface area (Å²) in [6, 6.07) is 5.78. The fraction of sp³-hybridized carbons (Fsp3) is 0.100. The largest absolute Gasteiger partial charge is 0.508 e. The molecule has 0 saturated heterocycles. The van der Waals surface area contributed by atoms with E-state index in [1.165, 1.54) is 0 Å². The first-order valence-electron chi connectivity index (χ1n) is 7.07. The fourth-order valence-corrected chi connectivity index (χ4v) is 2.31. The Morgan fingerprint density at radius 3 is 2.70 bits per heavy atom. The number of allylic oxidation sites excluding steroid dienone is 4. The SMILES string of the molecule is C#Cc1cn(/C(C)=C/C=C(\C=C)C(=C)O)c2cc(OC)ccc12. The number of aliphatic hydroxyl groups excluding tert-OH is 1. The van der Waals surface area contributed by atoms with E-state index in [9.17, 15) is 5.11 Å². The quantitative estimate of drug-likeness (QED) is 0.494. The monoisotopic (exact) mass is 305 g/mol. The number of methoxy groups -OCH3 is 1. The predicted octanol–water partition coefficient (Wildman–Crippen LogP) is 4.68. The second-order valence-electron chi connectivity index (χ2n) is 5.02. The third-order valence-corrected chi connectivity index (χ3v) is 3.61. The molecule has 0 aliphatic carbocycles. The molecule has 0 radical (unpaired) electrons. The standard InChI is InChI=1S/C20H19NO2/c1-6-16(15(4)22)9-8-14(3)21-13-17(7-2)19-11-10-18(23-5)12-20(19)21/h2,6,8-13,22H,1,4H2,3,5H3/b14-8+,16-9+. The van der Waals surface area contributed by atoms with Crippen LogP contribution in [0.1, 0.15) is 12.5 Å². The maximum Gasteiger partial charge on any atom is 0.120 e. The van der Waals surface area contributed by atoms with Gasteiger partial charge in [0.25, 0.3) is 0 Å². The van der Waals surface area contributed by atoms with Crippen LogP contribution in [-0.2, 0) is 0 Å². The van der Waals surface area contributed by atoms with E-state index in [1.807, 2.05) is 42.0 Å². The summed E-state index contributed by atoms with van der Waals surface area (Å²) >= 11 is 0. The minimum absolute atomic E-state index is 0.0209. The Balaban J connectivity index is 2.60. The number of terminal acetylenes is 1. The second kappa shape index (κ2) is 6.76. The van der Waals surface area contributed by atoms with Gasteiger partial charge in [-0.05, 0) is 31.2 Å². The molecule has 1 aromatic heterocycles. The number of benzene rings is 1. The second-order valence-corrected chi connectivity index (χ2v) is 5.02. The summed E-state index contributed by atoms with van der Waals surface area (Å²) in [5.41, 5.74) is 3.28. The molecule has 0 atom stereocenters. The normalized spacial score (nSPS) is 12.0. The van der Waals surface area contributed by atoms with E-state index in [0.717, 1.165) is 27.9 Å². The van der Waals surface area contributed by atoms with Crippen LogP contribution in [0.3, 0.4) is 0 Å². The number of aliphatic hydroxyl groups is 1. The van der Waals surface area contributed by atoms with Crippen LogP contribution in [0.15, 0.2) is 67.1 Å². The number of nitrogens with zero attached hydrogens (tertiary/aromatic N) is 1. The van der Waals surface area contributed by atoms with Gasteiger partial charge < -0.3 is 14.4 Å². The van der Waals surface area contributed by atoms with Crippen molar-refractivity contribution >= 4 is 16.6 Å². The molecule has 0 aliphatic rings. The van der Waals surface area contributed by atoms with Crippen LogP contribution < -0.4 is 4.74 Å². The van der Waals surface area contributed by atoms with Gasteiger partial charge in [-0.2, -0.15) is 0 Å². The molecule has 0 fully saturated rings. The van der Waals surface area contributed by atoms with Crippen molar-refractivity contribution in [2.45, 2.75) is 6.92 Å². The maximum atomic E-state index is 9.46. The molecule has 3 heteroatoms. The first kappa shape index (κ1) is 16.3. The number of fused-ring (bicyclic) bond motifs is 1. The van der Waals surface area contributed by atoms with E-state index >= 15 is 0 Å². The molecule has 1 aromatic carbocycles. The van der Waals surface area contributed by atoms with Crippen molar-refractivity contribution in [1.29, 1.82) is 0 Å². The summed E-state index contributed by atoms with van der Waals surface area (Å²) in [6.45, 7) is 9.11. The zero-order valence-electron chi connectivity index (χ0n) is 13.3. The Morgan fingerprint density at radius 1 is 1.39 bits per heavy atom. The van der Waals surface area contributed by atoms with Crippen molar-refractivity contribution in [3.8, 4) is 18.1 Å². The van der Waals surface area contributed by atoms with Gasteiger partial charge in [0.15, 0.2) is 0 Å². The van der Waals surface area contributed by atoms with Crippen molar-refractivity contribution < 1.29 is 9.84 Å². The van der Waals surface area contributed by atoms with Crippen molar-refractivity contribution in [3.05, 3.63) is 72.7 Å². The number of ether oxygens (including phenoxy) is 1. The molecule has 116 valence electrons. The molecule has 2 rings (SSSR count). The summed E-state index contributed by atoms with van der Waals surface area (Å²) < 4.78 is 7.28. The van der Waals surface area contributed by atoms with E-state index < -0.39 is 0 Å². The molecule has 0 amide bonds. The first-order chi connectivity index (χ1) is 11.0. The number of rotatable bonds is 5. The van der Waals surface area contributed by atoms with Gasteiger partial charge in [0, 0.05) is 28.9 Å². The molecule has 2 aromatic rings. The van der Waals surface area contributed by atoms with E-state index in [2.05, 4.69) is 19.1 Å². The molecular weight excluding hydrogens is 286 g/mol. The molecule has 23 heavy (non-hydrogen) atoms. The summed E-state index contributed by atoms with van der Waals surface area (Å²) in [6.07, 6.45) is 12.7. The van der Waals surface area contributed by atoms with E-state index in [1.54, 1.807) is 19.3 Å². The molecule has 0 aliphatic heterocycles. The van der Waals surface area contributed by atoms with Crippen LogP contribution in [0.4, 0.5) is 0 Å². The van der Waals surface area contributed by atoms with Crippen LogP contribution in [0.5, 0.6) is 5.75 Å². The molecule has 1 heterocycles. The van der Waals surface area contributed by atoms with Gasteiger partial charge in [0.05, 0.1) is 18.2 Å². The third-order valence-electron chi connectivity index (χ3n) is 3.61. The maximum absolute atomic E-state index is 9.46. The number of aromatic nitrogens is 1. The van der Waals surface area contributed by atoms with Gasteiger partial charge in [-0.25, -0.2) is 0 Å². The summed E-state index contributed by atoms with van der Waals surface area (Å²) in [4.78, 5) is 0. The number of hydrogen-bond acceptors (Lipinski definition) is 2. The molecule has 1 N–H and O–H groups in total. The zero-order chi connectivity index (χ0) is 17.0. The highest BCUT2D eigenvalue weighted by molar-refractivity contribution is 5.90. The Bertz CT molecular complexity index is 873. The minimum atomic E-state index is -0.0209. The number of hydrogen-bond donors (Lipinski definition) is 1. The van der Waals surface area contributed by atoms with Crippen molar-refractivity contribution in [2.75, 3.05) is 7.11 Å². The average molecular weight is 305 g/mol. The molecular formula is C20H19NO2. The molecule has 0 bridgehead atoms. The summed E-state index contributed by atoms with van der Waals surface area (Å²) in [7, 11) is 1.63. The zero-order valence-corrected chi connectivity index (χ0v) is 13.3. The lowest BCUT2D eigenvalue weighted by molar-refractivity contribution is 0.415. The van der Waals surface area contributed by atoms with Crippen molar-refractivity contribution in [2.24, 2.45) is 0 Å². The molecule has 0 unspecified atom stereocenters. The molecule has 0 spiro atoms. The van der Waals surface area contributed by atoms with Crippen LogP contribution in [0.25, 0.3) is 16.6 Å². The van der Waals surface area contributed by atoms with Gasteiger partial charge in [-0.1, -0.05) is 25.2 Å². The lowest BCUT2D eigenvalue weighted by Gasteiger charge is -2.06. The lowest BCUT2D eigenvalue weighted by atomic mass is 10.2. The van der Waals surface area contributed by atoms with Crippen molar-refractivity contribution in [1.82, 2.24) is 4.57 Å². The Morgan fingerprint density at radius 2 is 2.13 bits per heavy atom. The third kappa shape index (κ3) is 3.22. The van der Waals surface area contributed by atoms with E-state index in [4.69, 9.17) is 11.2 Å². The van der Waals surface area contributed by atoms with Crippen LogP contribution >= 0.6 is 0 Å². The Hall–Kier alpha value is -3.12. The minimum Gasteiger partial charge on any atom is -0.508 e. The van der Waals surface area contributed by atoms with Gasteiger partial charge in [-0.15, -0.1) is 6.42 Å². The van der Waals surface area contributed by atoms with Crippen LogP contribution in [0, 0.1) is 12.3 Å². The lowest BCUT2D eigenvalue weighted by Crippen LogP contribution is -1.92. The highest BCUT2D eigenvalue weighted by Crippen LogP contribution is 2.27. The van der Waals surface area contributed by atoms with Gasteiger partial charge in [-0.3, -0.25) is 0 Å². The van der Waals surface area contributed by atoms with Gasteiger partial charge in [0.1, 0.15) is 11.5 Å². The Kier molecular flexibility index (Phi) is 4.78. The first-order valence-corrected chi connectivity index (χ1v) is 7.07.